The van der Waals surface area contributed by atoms with Crippen molar-refractivity contribution in [2.24, 2.45) is 5.73 Å². The van der Waals surface area contributed by atoms with E-state index in [4.69, 9.17) is 10.5 Å². The Kier molecular flexibility index (Phi) is 4.18. The van der Waals surface area contributed by atoms with Crippen LogP contribution in [0.3, 0.4) is 0 Å². The van der Waals surface area contributed by atoms with Crippen molar-refractivity contribution in [3.8, 4) is 0 Å². The van der Waals surface area contributed by atoms with Crippen LogP contribution in [0.5, 0.6) is 0 Å². The van der Waals surface area contributed by atoms with Crippen molar-refractivity contribution in [2.75, 3.05) is 19.0 Å². The number of hydrogen-bond acceptors (Lipinski definition) is 3. The van der Waals surface area contributed by atoms with Crippen LogP contribution in [0.2, 0.25) is 0 Å². The van der Waals surface area contributed by atoms with Crippen molar-refractivity contribution in [2.45, 2.75) is 31.1 Å². The van der Waals surface area contributed by atoms with E-state index >= 15 is 0 Å². The van der Waals surface area contributed by atoms with Crippen molar-refractivity contribution in [1.82, 2.24) is 0 Å². The predicted octanol–water partition coefficient (Wildman–Crippen LogP) is 0.261. The lowest BCUT2D eigenvalue weighted by atomic mass is 10.2. The monoisotopic (exact) mass is 191 g/mol. The number of ether oxygens (including phenoxy) is 1. The average Bonchev–Trinajstić information content (AvgIpc) is 2.05. The largest absolute Gasteiger partial charge is 0.381 e. The zero-order valence-electron chi connectivity index (χ0n) is 7.49. The van der Waals surface area contributed by atoms with Crippen molar-refractivity contribution >= 4 is 10.8 Å². The molecule has 0 aromatic rings. The molecule has 1 rings (SSSR count). The van der Waals surface area contributed by atoms with E-state index in [1.807, 2.05) is 6.92 Å². The second kappa shape index (κ2) is 4.94. The summed E-state index contributed by atoms with van der Waals surface area (Å²) < 4.78 is 16.8. The highest BCUT2D eigenvalue weighted by atomic mass is 32.2. The normalized spacial score (nSPS) is 25.2. The van der Waals surface area contributed by atoms with Gasteiger partial charge in [-0.1, -0.05) is 0 Å². The van der Waals surface area contributed by atoms with Crippen molar-refractivity contribution < 1.29 is 8.95 Å². The standard InChI is InChI=1S/C8H17NO2S/c1-7(9)6-12(10)8-2-4-11-5-3-8/h7-8H,2-6,9H2,1H3. The van der Waals surface area contributed by atoms with Crippen molar-refractivity contribution in [1.29, 1.82) is 0 Å². The molecule has 4 heteroatoms. The third-order valence-corrected chi connectivity index (χ3v) is 4.04. The Bertz CT molecular complexity index is 155. The smallest absolute Gasteiger partial charge is 0.0477 e. The molecule has 0 aromatic heterocycles. The Labute approximate surface area is 76.1 Å². The fraction of sp³-hybridized carbons (Fsp3) is 1.00. The molecule has 0 saturated carbocycles. The lowest BCUT2D eigenvalue weighted by molar-refractivity contribution is 0.0992. The molecule has 2 atom stereocenters. The van der Waals surface area contributed by atoms with Gasteiger partial charge in [0.05, 0.1) is 0 Å². The van der Waals surface area contributed by atoms with Gasteiger partial charge in [-0.2, -0.15) is 0 Å². The molecule has 0 radical (unpaired) electrons. The van der Waals surface area contributed by atoms with Gasteiger partial charge in [-0.05, 0) is 19.8 Å². The highest BCUT2D eigenvalue weighted by molar-refractivity contribution is 7.85. The van der Waals surface area contributed by atoms with Crippen LogP contribution in [0, 0.1) is 0 Å². The molecule has 0 bridgehead atoms. The Morgan fingerprint density at radius 1 is 1.58 bits per heavy atom. The van der Waals surface area contributed by atoms with Crippen LogP contribution in [0.15, 0.2) is 0 Å². The van der Waals surface area contributed by atoms with E-state index in [0.717, 1.165) is 26.1 Å². The Morgan fingerprint density at radius 3 is 2.67 bits per heavy atom. The minimum absolute atomic E-state index is 0.0497. The SMILES string of the molecule is CC(N)CS(=O)C1CCOCC1. The first-order chi connectivity index (χ1) is 5.70. The van der Waals surface area contributed by atoms with Gasteiger partial charge in [-0.25, -0.2) is 0 Å². The van der Waals surface area contributed by atoms with Crippen LogP contribution in [-0.4, -0.2) is 34.5 Å². The number of hydrogen-bond donors (Lipinski definition) is 1. The van der Waals surface area contributed by atoms with Crippen LogP contribution < -0.4 is 5.73 Å². The molecule has 0 amide bonds. The molecule has 2 N–H and O–H groups in total. The van der Waals surface area contributed by atoms with E-state index in [1.165, 1.54) is 0 Å². The molecule has 12 heavy (non-hydrogen) atoms. The fourth-order valence-electron chi connectivity index (χ4n) is 1.33. The van der Waals surface area contributed by atoms with Crippen LogP contribution in [0.1, 0.15) is 19.8 Å². The minimum atomic E-state index is -0.742. The molecule has 1 heterocycles. The summed E-state index contributed by atoms with van der Waals surface area (Å²) in [6.45, 7) is 3.42. The van der Waals surface area contributed by atoms with Gasteiger partial charge >= 0.3 is 0 Å². The van der Waals surface area contributed by atoms with Crippen LogP contribution in [0.25, 0.3) is 0 Å². The molecule has 1 aliphatic heterocycles. The number of rotatable bonds is 3. The van der Waals surface area contributed by atoms with E-state index in [0.29, 0.717) is 11.0 Å². The second-order valence-corrected chi connectivity index (χ2v) is 5.10. The Hall–Kier alpha value is 0.0700. The lowest BCUT2D eigenvalue weighted by Gasteiger charge is -2.21. The molecule has 1 saturated heterocycles. The Balaban J connectivity index is 2.30. The summed E-state index contributed by atoms with van der Waals surface area (Å²) in [5, 5.41) is 0.324. The van der Waals surface area contributed by atoms with Gasteiger partial charge < -0.3 is 10.5 Å². The summed E-state index contributed by atoms with van der Waals surface area (Å²) in [7, 11) is -0.742. The molecule has 2 unspecified atom stereocenters. The maximum atomic E-state index is 11.6. The lowest BCUT2D eigenvalue weighted by Crippen LogP contribution is -2.32. The van der Waals surface area contributed by atoms with Gasteiger partial charge in [-0.15, -0.1) is 0 Å². The maximum Gasteiger partial charge on any atom is 0.0477 e. The summed E-state index contributed by atoms with van der Waals surface area (Å²) in [6, 6.07) is 0.0497. The number of nitrogens with two attached hydrogens (primary N) is 1. The summed E-state index contributed by atoms with van der Waals surface area (Å²) in [4.78, 5) is 0. The fourth-order valence-corrected chi connectivity index (χ4v) is 2.84. The van der Waals surface area contributed by atoms with Gasteiger partial charge in [0.25, 0.3) is 0 Å². The molecular weight excluding hydrogens is 174 g/mol. The average molecular weight is 191 g/mol. The highest BCUT2D eigenvalue weighted by Gasteiger charge is 2.20. The maximum absolute atomic E-state index is 11.6. The first-order valence-corrected chi connectivity index (χ1v) is 5.79. The van der Waals surface area contributed by atoms with Gasteiger partial charge in [0.2, 0.25) is 0 Å². The zero-order valence-corrected chi connectivity index (χ0v) is 8.31. The van der Waals surface area contributed by atoms with Crippen LogP contribution in [-0.2, 0) is 15.5 Å². The summed E-state index contributed by atoms with van der Waals surface area (Å²) in [5.74, 6) is 0.630. The van der Waals surface area contributed by atoms with E-state index in [1.54, 1.807) is 0 Å². The molecule has 72 valence electrons. The van der Waals surface area contributed by atoms with Crippen LogP contribution >= 0.6 is 0 Å². The summed E-state index contributed by atoms with van der Waals surface area (Å²) >= 11 is 0. The van der Waals surface area contributed by atoms with Gasteiger partial charge in [0.15, 0.2) is 0 Å². The quantitative estimate of drug-likeness (QED) is 0.696. The van der Waals surface area contributed by atoms with E-state index in [2.05, 4.69) is 0 Å². The molecule has 0 aromatic carbocycles. The summed E-state index contributed by atoms with van der Waals surface area (Å²) in [5.41, 5.74) is 5.58. The van der Waals surface area contributed by atoms with E-state index < -0.39 is 10.8 Å². The molecule has 0 aliphatic carbocycles. The third kappa shape index (κ3) is 3.21. The molecule has 0 spiro atoms. The summed E-state index contributed by atoms with van der Waals surface area (Å²) in [6.07, 6.45) is 1.86. The first kappa shape index (κ1) is 10.2. The van der Waals surface area contributed by atoms with E-state index in [-0.39, 0.29) is 6.04 Å². The highest BCUT2D eigenvalue weighted by Crippen LogP contribution is 2.13. The topological polar surface area (TPSA) is 52.3 Å². The first-order valence-electron chi connectivity index (χ1n) is 4.40. The molecule has 3 nitrogen and oxygen atoms in total. The van der Waals surface area contributed by atoms with Gasteiger partial charge in [-0.3, -0.25) is 4.21 Å². The van der Waals surface area contributed by atoms with Crippen molar-refractivity contribution in [3.63, 3.8) is 0 Å². The molecular formula is C8H17NO2S. The zero-order chi connectivity index (χ0) is 8.97. The van der Waals surface area contributed by atoms with Crippen molar-refractivity contribution in [3.05, 3.63) is 0 Å². The van der Waals surface area contributed by atoms with Crippen LogP contribution in [0.4, 0.5) is 0 Å². The minimum Gasteiger partial charge on any atom is -0.381 e. The predicted molar refractivity (Wildman–Crippen MR) is 50.5 cm³/mol. The Morgan fingerprint density at radius 2 is 2.17 bits per heavy atom. The third-order valence-electron chi connectivity index (χ3n) is 1.97. The molecule has 1 fully saturated rings. The second-order valence-electron chi connectivity index (χ2n) is 3.34. The van der Waals surface area contributed by atoms with Gasteiger partial charge in [0, 0.05) is 41.1 Å². The molecule has 1 aliphatic rings. The van der Waals surface area contributed by atoms with E-state index in [9.17, 15) is 4.21 Å². The van der Waals surface area contributed by atoms with Gasteiger partial charge in [0.1, 0.15) is 0 Å².